The van der Waals surface area contributed by atoms with Gasteiger partial charge in [-0.05, 0) is 37.8 Å². The zero-order valence-electron chi connectivity index (χ0n) is 25.6. The molecule has 0 fully saturated rings. The molecule has 0 saturated heterocycles. The molecule has 0 aromatic heterocycles. The lowest BCUT2D eigenvalue weighted by Crippen LogP contribution is -2.51. The maximum absolute atomic E-state index is 13.0. The van der Waals surface area contributed by atoms with E-state index in [1.807, 2.05) is 31.2 Å². The molecule has 0 amide bonds. The van der Waals surface area contributed by atoms with Gasteiger partial charge >= 0.3 is 5.97 Å². The maximum Gasteiger partial charge on any atom is 0.364 e. The Morgan fingerprint density at radius 1 is 0.769 bits per heavy atom. The molecule has 4 nitrogen and oxygen atoms in total. The molecule has 0 bridgehead atoms. The van der Waals surface area contributed by atoms with Gasteiger partial charge in [-0.25, -0.2) is 4.79 Å². The molecule has 0 heterocycles. The number of hydrogen-bond donors (Lipinski definition) is 0. The number of ether oxygens (including phenoxy) is 2. The molecule has 2 aromatic rings. The number of rotatable bonds is 21. The van der Waals surface area contributed by atoms with Crippen molar-refractivity contribution in [1.82, 2.24) is 0 Å². The average molecular weight is 539 g/mol. The van der Waals surface area contributed by atoms with E-state index in [1.54, 1.807) is 0 Å². The molecule has 39 heavy (non-hydrogen) atoms. The smallest absolute Gasteiger partial charge is 0.364 e. The van der Waals surface area contributed by atoms with Crippen molar-refractivity contribution in [1.29, 1.82) is 0 Å². The third kappa shape index (κ3) is 13.0. The number of esters is 1. The zero-order chi connectivity index (χ0) is 28.3. The Morgan fingerprint density at radius 2 is 1.33 bits per heavy atom. The van der Waals surface area contributed by atoms with Gasteiger partial charge in [-0.1, -0.05) is 127 Å². The lowest BCUT2D eigenvalue weighted by molar-refractivity contribution is -0.917. The van der Waals surface area contributed by atoms with Crippen LogP contribution in [0.2, 0.25) is 0 Å². The summed E-state index contributed by atoms with van der Waals surface area (Å²) in [6.45, 7) is 7.37. The molecular formula is C35H56NO3+. The molecule has 218 valence electrons. The summed E-state index contributed by atoms with van der Waals surface area (Å²) in [6.07, 6.45) is 16.5. The lowest BCUT2D eigenvalue weighted by Gasteiger charge is -2.34. The van der Waals surface area contributed by atoms with Crippen molar-refractivity contribution in [3.05, 3.63) is 65.7 Å². The molecule has 0 saturated carbocycles. The molecule has 2 rings (SSSR count). The lowest BCUT2D eigenvalue weighted by atomic mass is 10.0. The third-order valence-electron chi connectivity index (χ3n) is 8.01. The van der Waals surface area contributed by atoms with Crippen molar-refractivity contribution in [3.8, 4) is 5.75 Å². The van der Waals surface area contributed by atoms with Gasteiger partial charge in [0.15, 0.2) is 6.04 Å². The quantitative estimate of drug-likeness (QED) is 0.0904. The summed E-state index contributed by atoms with van der Waals surface area (Å²) >= 11 is 0. The number of unbranched alkanes of at least 4 members (excludes halogenated alkanes) is 10. The highest BCUT2D eigenvalue weighted by Crippen LogP contribution is 2.23. The first-order valence-electron chi connectivity index (χ1n) is 15.6. The van der Waals surface area contributed by atoms with Gasteiger partial charge < -0.3 is 14.0 Å². The van der Waals surface area contributed by atoms with Gasteiger partial charge in [0.1, 0.15) is 25.0 Å². The van der Waals surface area contributed by atoms with Crippen LogP contribution in [0.1, 0.15) is 109 Å². The number of carbonyl (C=O) groups is 1. The second kappa shape index (κ2) is 18.9. The van der Waals surface area contributed by atoms with Crippen LogP contribution in [-0.4, -0.2) is 43.3 Å². The number of likely N-dealkylation sites (N-methyl/N-ethyl adjacent to an activating group) is 1. The SMILES string of the molecule is CCCCCCCCCCCCCc1ccccc1OC(CC)COC(=O)C(C)[N+](C)(C)Cc1ccccc1. The molecule has 0 aliphatic carbocycles. The van der Waals surface area contributed by atoms with Crippen LogP contribution in [-0.2, 0) is 22.5 Å². The molecule has 0 N–H and O–H groups in total. The molecule has 2 atom stereocenters. The maximum atomic E-state index is 13.0. The fraction of sp³-hybridized carbons (Fsp3) is 0.629. The van der Waals surface area contributed by atoms with Crippen molar-refractivity contribution in [2.24, 2.45) is 0 Å². The number of benzene rings is 2. The first-order chi connectivity index (χ1) is 18.9. The van der Waals surface area contributed by atoms with Gasteiger partial charge in [-0.3, -0.25) is 0 Å². The standard InChI is InChI=1S/C35H56NO3/c1-6-8-9-10-11-12-13-14-15-16-20-25-32-26-21-22-27-34(32)39-33(7-2)29-38-35(37)30(3)36(4,5)28-31-23-18-17-19-24-31/h17-19,21-24,26-27,30,33H,6-16,20,25,28-29H2,1-5H3/q+1. The van der Waals surface area contributed by atoms with E-state index < -0.39 is 0 Å². The van der Waals surface area contributed by atoms with E-state index in [2.05, 4.69) is 58.3 Å². The molecule has 0 aliphatic heterocycles. The van der Waals surface area contributed by atoms with E-state index in [1.165, 1.54) is 81.8 Å². The van der Waals surface area contributed by atoms with Crippen LogP contribution in [0.5, 0.6) is 5.75 Å². The van der Waals surface area contributed by atoms with Crippen molar-refractivity contribution in [3.63, 3.8) is 0 Å². The van der Waals surface area contributed by atoms with Gasteiger partial charge in [-0.2, -0.15) is 0 Å². The minimum Gasteiger partial charge on any atom is -0.487 e. The van der Waals surface area contributed by atoms with Crippen molar-refractivity contribution >= 4 is 5.97 Å². The molecule has 2 aromatic carbocycles. The van der Waals surface area contributed by atoms with E-state index in [4.69, 9.17) is 9.47 Å². The third-order valence-corrected chi connectivity index (χ3v) is 8.01. The topological polar surface area (TPSA) is 35.5 Å². The normalized spacial score (nSPS) is 13.2. The summed E-state index contributed by atoms with van der Waals surface area (Å²) < 4.78 is 12.7. The Kier molecular flexibility index (Phi) is 15.9. The van der Waals surface area contributed by atoms with Crippen LogP contribution in [0.15, 0.2) is 54.6 Å². The van der Waals surface area contributed by atoms with Crippen molar-refractivity contribution in [2.75, 3.05) is 20.7 Å². The van der Waals surface area contributed by atoms with E-state index in [9.17, 15) is 4.79 Å². The van der Waals surface area contributed by atoms with Gasteiger partial charge in [-0.15, -0.1) is 0 Å². The van der Waals surface area contributed by atoms with Crippen LogP contribution < -0.4 is 4.74 Å². The summed E-state index contributed by atoms with van der Waals surface area (Å²) in [5, 5.41) is 0. The van der Waals surface area contributed by atoms with E-state index >= 15 is 0 Å². The van der Waals surface area contributed by atoms with Crippen LogP contribution in [0, 0.1) is 0 Å². The number of para-hydroxylation sites is 1. The highest BCUT2D eigenvalue weighted by atomic mass is 16.6. The Labute approximate surface area is 239 Å². The predicted octanol–water partition coefficient (Wildman–Crippen LogP) is 8.91. The monoisotopic (exact) mass is 538 g/mol. The molecular weight excluding hydrogens is 482 g/mol. The molecule has 0 aliphatic rings. The Bertz CT molecular complexity index is 911. The van der Waals surface area contributed by atoms with Gasteiger partial charge in [0, 0.05) is 5.56 Å². The van der Waals surface area contributed by atoms with E-state index in [0.717, 1.165) is 25.1 Å². The number of quaternary nitrogens is 1. The summed E-state index contributed by atoms with van der Waals surface area (Å²) in [4.78, 5) is 13.0. The summed E-state index contributed by atoms with van der Waals surface area (Å²) in [6, 6.07) is 18.4. The van der Waals surface area contributed by atoms with Crippen LogP contribution in [0.3, 0.4) is 0 Å². The fourth-order valence-corrected chi connectivity index (χ4v) is 4.99. The summed E-state index contributed by atoms with van der Waals surface area (Å²) in [7, 11) is 4.16. The number of hydrogen-bond acceptors (Lipinski definition) is 3. The highest BCUT2D eigenvalue weighted by Gasteiger charge is 2.32. The number of nitrogens with zero attached hydrogens (tertiary/aromatic N) is 1. The first-order valence-corrected chi connectivity index (χ1v) is 15.6. The molecule has 0 spiro atoms. The highest BCUT2D eigenvalue weighted by molar-refractivity contribution is 5.74. The predicted molar refractivity (Wildman–Crippen MR) is 164 cm³/mol. The van der Waals surface area contributed by atoms with E-state index in [0.29, 0.717) is 4.48 Å². The number of carbonyl (C=O) groups excluding carboxylic acids is 1. The average Bonchev–Trinajstić information content (AvgIpc) is 2.94. The zero-order valence-corrected chi connectivity index (χ0v) is 25.6. The van der Waals surface area contributed by atoms with Crippen molar-refractivity contribution < 1.29 is 18.8 Å². The molecule has 0 radical (unpaired) electrons. The first kappa shape index (κ1) is 32.9. The second-order valence-electron chi connectivity index (χ2n) is 11.8. The van der Waals surface area contributed by atoms with Gasteiger partial charge in [0.2, 0.25) is 0 Å². The van der Waals surface area contributed by atoms with Crippen LogP contribution >= 0.6 is 0 Å². The largest absolute Gasteiger partial charge is 0.487 e. The Balaban J connectivity index is 1.73. The van der Waals surface area contributed by atoms with Gasteiger partial charge in [0.05, 0.1) is 14.1 Å². The Morgan fingerprint density at radius 3 is 1.95 bits per heavy atom. The minimum absolute atomic E-state index is 0.149. The van der Waals surface area contributed by atoms with Gasteiger partial charge in [0.25, 0.3) is 0 Å². The van der Waals surface area contributed by atoms with Crippen molar-refractivity contribution in [2.45, 2.75) is 123 Å². The summed E-state index contributed by atoms with van der Waals surface area (Å²) in [5.41, 5.74) is 2.47. The summed E-state index contributed by atoms with van der Waals surface area (Å²) in [5.74, 6) is 0.757. The molecule has 2 unspecified atom stereocenters. The second-order valence-corrected chi connectivity index (χ2v) is 11.8. The fourth-order valence-electron chi connectivity index (χ4n) is 4.99. The Hall–Kier alpha value is -2.33. The van der Waals surface area contributed by atoms with Crippen LogP contribution in [0.25, 0.3) is 0 Å². The van der Waals surface area contributed by atoms with E-state index in [-0.39, 0.29) is 24.7 Å². The number of aryl methyl sites for hydroxylation is 1. The minimum atomic E-state index is -0.268. The molecule has 4 heteroatoms. The van der Waals surface area contributed by atoms with Crippen LogP contribution in [0.4, 0.5) is 0 Å².